The molecule has 2 aromatic rings. The Hall–Kier alpha value is -1.78. The van der Waals surface area contributed by atoms with Crippen molar-refractivity contribution in [3.8, 4) is 0 Å². The quantitative estimate of drug-likeness (QED) is 0.774. The highest BCUT2D eigenvalue weighted by Crippen LogP contribution is 2.26. The fourth-order valence-corrected chi connectivity index (χ4v) is 1.45. The Labute approximate surface area is 81.4 Å². The molecule has 0 aliphatic heterocycles. The second kappa shape index (κ2) is 3.17. The molecule has 0 bridgehead atoms. The standard InChI is InChI=1S/C9H13N3O2/c1-3-11-9-4-6-7(14-9)5-8(10)12(6)13-2/h4-5,11H,3,10H2,1-2H3. The molecule has 2 heterocycles. The van der Waals surface area contributed by atoms with Gasteiger partial charge in [-0.05, 0) is 6.92 Å². The molecule has 0 unspecified atom stereocenters. The van der Waals surface area contributed by atoms with Crippen LogP contribution in [0.5, 0.6) is 0 Å². The minimum Gasteiger partial charge on any atom is -0.439 e. The van der Waals surface area contributed by atoms with Gasteiger partial charge in [-0.3, -0.25) is 0 Å². The summed E-state index contributed by atoms with van der Waals surface area (Å²) in [7, 11) is 1.57. The van der Waals surface area contributed by atoms with Crippen molar-refractivity contribution in [3.05, 3.63) is 12.1 Å². The summed E-state index contributed by atoms with van der Waals surface area (Å²) in [6.07, 6.45) is 0. The molecule has 0 radical (unpaired) electrons. The molecule has 0 spiro atoms. The van der Waals surface area contributed by atoms with Crippen molar-refractivity contribution in [3.63, 3.8) is 0 Å². The summed E-state index contributed by atoms with van der Waals surface area (Å²) in [5, 5.41) is 3.08. The third kappa shape index (κ3) is 1.17. The zero-order valence-corrected chi connectivity index (χ0v) is 8.20. The molecule has 2 rings (SSSR count). The van der Waals surface area contributed by atoms with E-state index in [4.69, 9.17) is 15.0 Å². The normalized spacial score (nSPS) is 10.7. The maximum atomic E-state index is 5.69. The van der Waals surface area contributed by atoms with Crippen LogP contribution in [0.25, 0.3) is 11.1 Å². The lowest BCUT2D eigenvalue weighted by molar-refractivity contribution is 0.184. The maximum absolute atomic E-state index is 5.69. The summed E-state index contributed by atoms with van der Waals surface area (Å²) in [5.74, 6) is 1.26. The molecule has 2 aromatic heterocycles. The summed E-state index contributed by atoms with van der Waals surface area (Å²) in [6, 6.07) is 3.60. The fraction of sp³-hybridized carbons (Fsp3) is 0.333. The van der Waals surface area contributed by atoms with Gasteiger partial charge in [0.15, 0.2) is 11.5 Å². The van der Waals surface area contributed by atoms with Crippen molar-refractivity contribution in [2.45, 2.75) is 6.92 Å². The first-order valence-electron chi connectivity index (χ1n) is 4.45. The number of nitrogens with one attached hydrogen (secondary N) is 1. The first-order chi connectivity index (χ1) is 6.76. The van der Waals surface area contributed by atoms with E-state index in [-0.39, 0.29) is 0 Å². The topological polar surface area (TPSA) is 65.3 Å². The van der Waals surface area contributed by atoms with Crippen LogP contribution in [0.15, 0.2) is 16.5 Å². The number of hydrogen-bond donors (Lipinski definition) is 2. The van der Waals surface area contributed by atoms with Crippen LogP contribution in [-0.4, -0.2) is 18.4 Å². The second-order valence-electron chi connectivity index (χ2n) is 2.94. The molecule has 3 N–H and O–H groups in total. The van der Waals surface area contributed by atoms with Crippen LogP contribution in [0.4, 0.5) is 11.7 Å². The maximum Gasteiger partial charge on any atom is 0.195 e. The van der Waals surface area contributed by atoms with Crippen LogP contribution in [0.3, 0.4) is 0 Å². The molecule has 14 heavy (non-hydrogen) atoms. The molecular formula is C9H13N3O2. The molecule has 0 atom stereocenters. The zero-order valence-electron chi connectivity index (χ0n) is 8.20. The first-order valence-corrected chi connectivity index (χ1v) is 4.45. The smallest absolute Gasteiger partial charge is 0.195 e. The van der Waals surface area contributed by atoms with Gasteiger partial charge in [0.25, 0.3) is 0 Å². The van der Waals surface area contributed by atoms with E-state index in [9.17, 15) is 0 Å². The van der Waals surface area contributed by atoms with Gasteiger partial charge < -0.3 is 20.3 Å². The lowest BCUT2D eigenvalue weighted by atomic mass is 10.5. The number of aromatic nitrogens is 1. The van der Waals surface area contributed by atoms with Gasteiger partial charge in [0.1, 0.15) is 18.4 Å². The van der Waals surface area contributed by atoms with E-state index >= 15 is 0 Å². The van der Waals surface area contributed by atoms with E-state index in [1.807, 2.05) is 13.0 Å². The minimum atomic E-state index is 0.532. The molecule has 0 saturated heterocycles. The number of rotatable bonds is 3. The van der Waals surface area contributed by atoms with Crippen LogP contribution >= 0.6 is 0 Å². The zero-order chi connectivity index (χ0) is 10.1. The summed E-state index contributed by atoms with van der Waals surface area (Å²) in [6.45, 7) is 2.82. The monoisotopic (exact) mass is 195 g/mol. The molecular weight excluding hydrogens is 182 g/mol. The Morgan fingerprint density at radius 1 is 1.57 bits per heavy atom. The number of nitrogens with two attached hydrogens (primary N) is 1. The minimum absolute atomic E-state index is 0.532. The highest BCUT2D eigenvalue weighted by molar-refractivity contribution is 5.82. The van der Waals surface area contributed by atoms with E-state index in [0.29, 0.717) is 5.82 Å². The van der Waals surface area contributed by atoms with Crippen LogP contribution in [0.2, 0.25) is 0 Å². The molecule has 76 valence electrons. The van der Waals surface area contributed by atoms with Gasteiger partial charge in [0.2, 0.25) is 0 Å². The fourth-order valence-electron chi connectivity index (χ4n) is 1.45. The number of nitrogen functional groups attached to an aromatic ring is 1. The molecule has 0 amide bonds. The van der Waals surface area contributed by atoms with E-state index in [1.54, 1.807) is 13.2 Å². The second-order valence-corrected chi connectivity index (χ2v) is 2.94. The Bertz CT molecular complexity index is 444. The van der Waals surface area contributed by atoms with Crippen molar-refractivity contribution >= 4 is 22.8 Å². The van der Waals surface area contributed by atoms with Crippen molar-refractivity contribution in [2.24, 2.45) is 0 Å². The average molecular weight is 195 g/mol. The lowest BCUT2D eigenvalue weighted by Gasteiger charge is -2.02. The van der Waals surface area contributed by atoms with Gasteiger partial charge in [-0.1, -0.05) is 0 Å². The lowest BCUT2D eigenvalue weighted by Crippen LogP contribution is -2.08. The number of fused-ring (bicyclic) bond motifs is 1. The largest absolute Gasteiger partial charge is 0.439 e. The van der Waals surface area contributed by atoms with E-state index in [1.165, 1.54) is 4.73 Å². The van der Waals surface area contributed by atoms with Gasteiger partial charge in [-0.15, -0.1) is 0 Å². The van der Waals surface area contributed by atoms with Crippen molar-refractivity contribution in [1.82, 2.24) is 4.73 Å². The Morgan fingerprint density at radius 3 is 3.00 bits per heavy atom. The van der Waals surface area contributed by atoms with Gasteiger partial charge in [-0.25, -0.2) is 0 Å². The Kier molecular flexibility index (Phi) is 1.99. The molecule has 5 nitrogen and oxygen atoms in total. The molecule has 0 aromatic carbocycles. The van der Waals surface area contributed by atoms with Gasteiger partial charge in [0, 0.05) is 18.7 Å². The predicted molar refractivity (Wildman–Crippen MR) is 55.3 cm³/mol. The first kappa shape index (κ1) is 8.80. The molecule has 5 heteroatoms. The number of hydrogen-bond acceptors (Lipinski definition) is 4. The summed E-state index contributed by atoms with van der Waals surface area (Å²) in [4.78, 5) is 5.09. The van der Waals surface area contributed by atoms with Gasteiger partial charge in [-0.2, -0.15) is 4.73 Å². The SMILES string of the molecule is CCNc1cc2c(cc(N)n2OC)o1. The highest BCUT2D eigenvalue weighted by atomic mass is 16.6. The Balaban J connectivity index is 2.51. The number of nitrogens with zero attached hydrogens (tertiary/aromatic N) is 1. The Morgan fingerprint density at radius 2 is 2.36 bits per heavy atom. The van der Waals surface area contributed by atoms with E-state index < -0.39 is 0 Å². The van der Waals surface area contributed by atoms with Crippen molar-refractivity contribution in [2.75, 3.05) is 24.7 Å². The van der Waals surface area contributed by atoms with Crippen LogP contribution in [-0.2, 0) is 0 Å². The van der Waals surface area contributed by atoms with Crippen LogP contribution in [0, 0.1) is 0 Å². The van der Waals surface area contributed by atoms with E-state index in [0.717, 1.165) is 23.5 Å². The third-order valence-electron chi connectivity index (χ3n) is 2.01. The van der Waals surface area contributed by atoms with Crippen molar-refractivity contribution in [1.29, 1.82) is 0 Å². The third-order valence-corrected chi connectivity index (χ3v) is 2.01. The highest BCUT2D eigenvalue weighted by Gasteiger charge is 2.11. The van der Waals surface area contributed by atoms with E-state index in [2.05, 4.69) is 5.32 Å². The van der Waals surface area contributed by atoms with Gasteiger partial charge >= 0.3 is 0 Å². The predicted octanol–water partition coefficient (Wildman–Crippen LogP) is 1.31. The van der Waals surface area contributed by atoms with Crippen LogP contribution in [0.1, 0.15) is 6.92 Å². The number of anilines is 2. The summed E-state index contributed by atoms with van der Waals surface area (Å²) < 4.78 is 7.01. The van der Waals surface area contributed by atoms with Crippen molar-refractivity contribution < 1.29 is 9.25 Å². The number of furan rings is 1. The molecule has 0 saturated carbocycles. The summed E-state index contributed by atoms with van der Waals surface area (Å²) in [5.41, 5.74) is 7.25. The average Bonchev–Trinajstić information content (AvgIpc) is 2.61. The molecule has 0 fully saturated rings. The molecule has 0 aliphatic carbocycles. The van der Waals surface area contributed by atoms with Gasteiger partial charge in [0.05, 0.1) is 0 Å². The van der Waals surface area contributed by atoms with Crippen LogP contribution < -0.4 is 15.9 Å². The molecule has 0 aliphatic rings. The summed E-state index contributed by atoms with van der Waals surface area (Å²) >= 11 is 0.